The summed E-state index contributed by atoms with van der Waals surface area (Å²) < 4.78 is 6.27. The van der Waals surface area contributed by atoms with Gasteiger partial charge in [0.2, 0.25) is 0 Å². The number of carbonyl (C=O) groups is 1. The van der Waals surface area contributed by atoms with Gasteiger partial charge < -0.3 is 4.74 Å². The first kappa shape index (κ1) is 22.2. The van der Waals surface area contributed by atoms with Crippen molar-refractivity contribution >= 4 is 5.97 Å². The van der Waals surface area contributed by atoms with Crippen molar-refractivity contribution in [1.29, 1.82) is 0 Å². The maximum absolute atomic E-state index is 13.5. The SMILES string of the molecule is CCCCC1CCC(C2(C(=O)OC3CCC(CCC)CC3)CCCCC2)CC1. The first-order valence-corrected chi connectivity index (χ1v) is 12.9. The molecule has 0 aromatic heterocycles. The van der Waals surface area contributed by atoms with Crippen LogP contribution < -0.4 is 0 Å². The molecule has 0 atom stereocenters. The largest absolute Gasteiger partial charge is 0.462 e. The Hall–Kier alpha value is -0.530. The second-order valence-electron chi connectivity index (χ2n) is 10.4. The Kier molecular flexibility index (Phi) is 8.72. The van der Waals surface area contributed by atoms with Crippen molar-refractivity contribution < 1.29 is 9.53 Å². The summed E-state index contributed by atoms with van der Waals surface area (Å²) in [7, 11) is 0. The van der Waals surface area contributed by atoms with E-state index in [4.69, 9.17) is 4.74 Å². The van der Waals surface area contributed by atoms with Crippen molar-refractivity contribution in [3.63, 3.8) is 0 Å². The number of unbranched alkanes of at least 4 members (excludes halogenated alkanes) is 1. The van der Waals surface area contributed by atoms with Crippen LogP contribution in [0.2, 0.25) is 0 Å². The van der Waals surface area contributed by atoms with Crippen LogP contribution >= 0.6 is 0 Å². The Bertz CT molecular complexity index is 449. The normalized spacial score (nSPS) is 33.4. The van der Waals surface area contributed by atoms with Crippen LogP contribution in [0.1, 0.15) is 129 Å². The van der Waals surface area contributed by atoms with Gasteiger partial charge in [-0.05, 0) is 69.1 Å². The minimum Gasteiger partial charge on any atom is -0.462 e. The lowest BCUT2D eigenvalue weighted by molar-refractivity contribution is -0.171. The lowest BCUT2D eigenvalue weighted by Gasteiger charge is -2.45. The predicted molar refractivity (Wildman–Crippen MR) is 117 cm³/mol. The summed E-state index contributed by atoms with van der Waals surface area (Å²) in [6, 6.07) is 0. The molecule has 28 heavy (non-hydrogen) atoms. The average Bonchev–Trinajstić information content (AvgIpc) is 2.74. The third kappa shape index (κ3) is 5.54. The first-order chi connectivity index (χ1) is 13.7. The van der Waals surface area contributed by atoms with E-state index in [2.05, 4.69) is 13.8 Å². The lowest BCUT2D eigenvalue weighted by Crippen LogP contribution is -2.44. The van der Waals surface area contributed by atoms with Gasteiger partial charge in [-0.3, -0.25) is 4.79 Å². The monoisotopic (exact) mass is 390 g/mol. The van der Waals surface area contributed by atoms with Gasteiger partial charge in [-0.25, -0.2) is 0 Å². The minimum atomic E-state index is -0.131. The van der Waals surface area contributed by atoms with Gasteiger partial charge in [0.15, 0.2) is 0 Å². The highest BCUT2D eigenvalue weighted by Gasteiger charge is 2.48. The zero-order chi connectivity index (χ0) is 19.8. The zero-order valence-corrected chi connectivity index (χ0v) is 18.9. The van der Waals surface area contributed by atoms with Gasteiger partial charge in [0.05, 0.1) is 5.41 Å². The van der Waals surface area contributed by atoms with Crippen LogP contribution in [-0.4, -0.2) is 12.1 Å². The molecule has 0 amide bonds. The molecule has 0 heterocycles. The molecule has 0 radical (unpaired) electrons. The van der Waals surface area contributed by atoms with E-state index in [0.29, 0.717) is 5.92 Å². The summed E-state index contributed by atoms with van der Waals surface area (Å²) in [6.45, 7) is 4.59. The van der Waals surface area contributed by atoms with Crippen LogP contribution in [-0.2, 0) is 9.53 Å². The van der Waals surface area contributed by atoms with Crippen LogP contribution in [0.5, 0.6) is 0 Å². The topological polar surface area (TPSA) is 26.3 Å². The molecule has 0 bridgehead atoms. The predicted octanol–water partition coefficient (Wildman–Crippen LogP) is 7.84. The maximum atomic E-state index is 13.5. The van der Waals surface area contributed by atoms with E-state index in [1.807, 2.05) is 0 Å². The Labute approximate surface area is 174 Å². The van der Waals surface area contributed by atoms with Gasteiger partial charge in [-0.1, -0.05) is 78.1 Å². The van der Waals surface area contributed by atoms with Gasteiger partial charge in [-0.15, -0.1) is 0 Å². The fraction of sp³-hybridized carbons (Fsp3) is 0.962. The van der Waals surface area contributed by atoms with Gasteiger partial charge in [0, 0.05) is 0 Å². The number of ether oxygens (including phenoxy) is 1. The highest BCUT2D eigenvalue weighted by Crippen LogP contribution is 2.51. The van der Waals surface area contributed by atoms with Crippen molar-refractivity contribution in [3.05, 3.63) is 0 Å². The molecule has 0 saturated heterocycles. The van der Waals surface area contributed by atoms with Crippen LogP contribution in [0.15, 0.2) is 0 Å². The van der Waals surface area contributed by atoms with Crippen LogP contribution in [0.4, 0.5) is 0 Å². The smallest absolute Gasteiger partial charge is 0.312 e. The number of carbonyl (C=O) groups excluding carboxylic acids is 1. The molecule has 0 unspecified atom stereocenters. The van der Waals surface area contributed by atoms with Crippen molar-refractivity contribution in [2.24, 2.45) is 23.2 Å². The molecular formula is C26H46O2. The summed E-state index contributed by atoms with van der Waals surface area (Å²) in [5.74, 6) is 2.60. The van der Waals surface area contributed by atoms with E-state index >= 15 is 0 Å². The number of hydrogen-bond acceptors (Lipinski definition) is 2. The van der Waals surface area contributed by atoms with E-state index in [0.717, 1.165) is 37.5 Å². The van der Waals surface area contributed by atoms with Crippen LogP contribution in [0.3, 0.4) is 0 Å². The van der Waals surface area contributed by atoms with Crippen molar-refractivity contribution in [2.75, 3.05) is 0 Å². The summed E-state index contributed by atoms with van der Waals surface area (Å²) in [5.41, 5.74) is -0.131. The van der Waals surface area contributed by atoms with Gasteiger partial charge in [0.1, 0.15) is 6.10 Å². The lowest BCUT2D eigenvalue weighted by atomic mass is 9.60. The molecule has 2 heteroatoms. The Morgan fingerprint density at radius 3 is 2.00 bits per heavy atom. The molecule has 162 valence electrons. The summed E-state index contributed by atoms with van der Waals surface area (Å²) >= 11 is 0. The molecule has 3 saturated carbocycles. The first-order valence-electron chi connectivity index (χ1n) is 12.9. The molecule has 0 aliphatic heterocycles. The van der Waals surface area contributed by atoms with E-state index in [1.54, 1.807) is 0 Å². The highest BCUT2D eigenvalue weighted by atomic mass is 16.5. The average molecular weight is 391 g/mol. The molecular weight excluding hydrogens is 344 g/mol. The van der Waals surface area contributed by atoms with Gasteiger partial charge >= 0.3 is 5.97 Å². The summed E-state index contributed by atoms with van der Waals surface area (Å²) in [4.78, 5) is 13.5. The van der Waals surface area contributed by atoms with Crippen molar-refractivity contribution in [1.82, 2.24) is 0 Å². The second-order valence-corrected chi connectivity index (χ2v) is 10.4. The van der Waals surface area contributed by atoms with Crippen molar-refractivity contribution in [2.45, 2.75) is 136 Å². The van der Waals surface area contributed by atoms with Gasteiger partial charge in [0.25, 0.3) is 0 Å². The maximum Gasteiger partial charge on any atom is 0.312 e. The molecule has 0 aromatic carbocycles. The molecule has 3 aliphatic carbocycles. The molecule has 3 fully saturated rings. The molecule has 0 N–H and O–H groups in total. The van der Waals surface area contributed by atoms with Crippen LogP contribution in [0, 0.1) is 23.2 Å². The molecule has 3 rings (SSSR count). The van der Waals surface area contributed by atoms with Crippen LogP contribution in [0.25, 0.3) is 0 Å². The van der Waals surface area contributed by atoms with E-state index < -0.39 is 0 Å². The zero-order valence-electron chi connectivity index (χ0n) is 18.9. The fourth-order valence-electron chi connectivity index (χ4n) is 6.67. The van der Waals surface area contributed by atoms with E-state index in [9.17, 15) is 4.79 Å². The van der Waals surface area contributed by atoms with E-state index in [-0.39, 0.29) is 17.5 Å². The quantitative estimate of drug-likeness (QED) is 0.395. The standard InChI is InChI=1S/C26H46O2/c1-3-5-10-22-11-15-23(16-12-22)26(19-7-6-8-20-26)25(27)28-24-17-13-21(9-4-2)14-18-24/h21-24H,3-20H2,1-2H3. The third-order valence-electron chi connectivity index (χ3n) is 8.51. The minimum absolute atomic E-state index is 0.131. The Morgan fingerprint density at radius 1 is 0.786 bits per heavy atom. The Morgan fingerprint density at radius 2 is 1.39 bits per heavy atom. The summed E-state index contributed by atoms with van der Waals surface area (Å²) in [6.07, 6.45) is 22.9. The fourth-order valence-corrected chi connectivity index (χ4v) is 6.67. The highest BCUT2D eigenvalue weighted by molar-refractivity contribution is 5.77. The number of rotatable bonds is 8. The molecule has 3 aliphatic rings. The third-order valence-corrected chi connectivity index (χ3v) is 8.51. The summed E-state index contributed by atoms with van der Waals surface area (Å²) in [5, 5.41) is 0. The Balaban J connectivity index is 1.56. The number of hydrogen-bond donors (Lipinski definition) is 0. The molecule has 0 aromatic rings. The van der Waals surface area contributed by atoms with E-state index in [1.165, 1.54) is 89.9 Å². The van der Waals surface area contributed by atoms with Gasteiger partial charge in [-0.2, -0.15) is 0 Å². The second kappa shape index (κ2) is 11.0. The van der Waals surface area contributed by atoms with Crippen molar-refractivity contribution in [3.8, 4) is 0 Å². The molecule has 2 nitrogen and oxygen atoms in total. The molecule has 0 spiro atoms. The number of esters is 1.